The first-order chi connectivity index (χ1) is 20.2. The molecule has 218 valence electrons. The molecule has 3 aliphatic rings. The van der Waals surface area contributed by atoms with E-state index in [1.165, 1.54) is 11.1 Å². The number of carbonyl (C=O) groups excluding carboxylic acids is 2. The molecule has 0 aliphatic carbocycles. The average molecular weight is 590 g/mol. The standard InChI is InChI=1S/C31H32ClN5O5/c1-17-23(32)4-3-5-27(17)42-16-20(38)15-34-24-6-9-33-29(39)28(24)26-13-18-12-21-22(14-25(18)35-26)31(41)37(30(21)40)19-7-10-36(2)11-8-19/h3-6,9,12,14,19-20,38H,7-8,10-11,13,15-16H2,1-2H3,(H2,33,34,39). The highest BCUT2D eigenvalue weighted by Gasteiger charge is 2.42. The second-order valence-electron chi connectivity index (χ2n) is 11.1. The normalized spacial score (nSPS) is 17.7. The topological polar surface area (TPSA) is 127 Å². The van der Waals surface area contributed by atoms with Crippen molar-refractivity contribution < 1.29 is 19.4 Å². The number of aliphatic imine (C=N–C) groups is 1. The first-order valence-electron chi connectivity index (χ1n) is 14.0. The summed E-state index contributed by atoms with van der Waals surface area (Å²) < 4.78 is 5.74. The third-order valence-corrected chi connectivity index (χ3v) is 8.62. The molecule has 42 heavy (non-hydrogen) atoms. The van der Waals surface area contributed by atoms with Gasteiger partial charge in [-0.2, -0.15) is 0 Å². The maximum atomic E-state index is 13.3. The van der Waals surface area contributed by atoms with Crippen LogP contribution in [0.3, 0.4) is 0 Å². The van der Waals surface area contributed by atoms with E-state index in [0.717, 1.165) is 37.1 Å². The maximum Gasteiger partial charge on any atom is 0.261 e. The number of carbonyl (C=O) groups is 2. The van der Waals surface area contributed by atoms with Crippen molar-refractivity contribution in [3.05, 3.63) is 85.8 Å². The van der Waals surface area contributed by atoms with Gasteiger partial charge in [-0.15, -0.1) is 0 Å². The highest BCUT2D eigenvalue weighted by Crippen LogP contribution is 2.37. The van der Waals surface area contributed by atoms with Crippen LogP contribution in [0.25, 0.3) is 0 Å². The first kappa shape index (κ1) is 28.1. The third kappa shape index (κ3) is 5.21. The van der Waals surface area contributed by atoms with Crippen molar-refractivity contribution in [1.29, 1.82) is 0 Å². The summed E-state index contributed by atoms with van der Waals surface area (Å²) in [4.78, 5) is 50.6. The quantitative estimate of drug-likeness (QED) is 0.343. The molecular weight excluding hydrogens is 558 g/mol. The molecule has 0 saturated carbocycles. The zero-order valence-corrected chi connectivity index (χ0v) is 24.2. The summed E-state index contributed by atoms with van der Waals surface area (Å²) in [7, 11) is 2.04. The molecule has 1 unspecified atom stereocenters. The van der Waals surface area contributed by atoms with E-state index in [0.29, 0.717) is 51.0 Å². The van der Waals surface area contributed by atoms with E-state index in [-0.39, 0.29) is 36.6 Å². The number of imide groups is 1. The highest BCUT2D eigenvalue weighted by molar-refractivity contribution is 6.31. The molecular formula is C31H32ClN5O5. The van der Waals surface area contributed by atoms with Gasteiger partial charge < -0.3 is 25.0 Å². The van der Waals surface area contributed by atoms with Crippen LogP contribution in [0, 0.1) is 6.92 Å². The van der Waals surface area contributed by atoms with E-state index in [4.69, 9.17) is 21.3 Å². The van der Waals surface area contributed by atoms with E-state index in [1.54, 1.807) is 36.4 Å². The number of hydrogen-bond acceptors (Lipinski definition) is 8. The summed E-state index contributed by atoms with van der Waals surface area (Å²) in [6, 6.07) is 10.4. The van der Waals surface area contributed by atoms with E-state index in [1.807, 2.05) is 14.0 Å². The number of aliphatic hydroxyl groups is 1. The number of aliphatic hydroxyl groups excluding tert-OH is 1. The van der Waals surface area contributed by atoms with Gasteiger partial charge in [0.25, 0.3) is 17.4 Å². The average Bonchev–Trinajstić information content (AvgIpc) is 3.49. The van der Waals surface area contributed by atoms with Gasteiger partial charge in [-0.3, -0.25) is 24.3 Å². The van der Waals surface area contributed by atoms with Crippen molar-refractivity contribution in [3.8, 4) is 5.75 Å². The number of aromatic amines is 1. The number of halogens is 1. The molecule has 6 rings (SSSR count). The second kappa shape index (κ2) is 11.4. The molecule has 1 saturated heterocycles. The van der Waals surface area contributed by atoms with Crippen LogP contribution in [-0.2, 0) is 6.42 Å². The van der Waals surface area contributed by atoms with Gasteiger partial charge in [0.15, 0.2) is 0 Å². The number of ether oxygens (including phenoxy) is 1. The van der Waals surface area contributed by atoms with Crippen molar-refractivity contribution in [3.63, 3.8) is 0 Å². The minimum Gasteiger partial charge on any atom is -0.490 e. The number of aromatic nitrogens is 1. The molecule has 0 bridgehead atoms. The number of amides is 2. The van der Waals surface area contributed by atoms with Gasteiger partial charge in [0.2, 0.25) is 0 Å². The molecule has 0 spiro atoms. The number of nitrogens with one attached hydrogen (secondary N) is 2. The third-order valence-electron chi connectivity index (χ3n) is 8.21. The lowest BCUT2D eigenvalue weighted by molar-refractivity contribution is 0.0516. The minimum absolute atomic E-state index is 0.0290. The Bertz CT molecular complexity index is 1660. The summed E-state index contributed by atoms with van der Waals surface area (Å²) in [5.41, 5.74) is 3.96. The van der Waals surface area contributed by atoms with Crippen LogP contribution in [0.5, 0.6) is 5.75 Å². The summed E-state index contributed by atoms with van der Waals surface area (Å²) in [6.45, 7) is 3.69. The van der Waals surface area contributed by atoms with Crippen LogP contribution >= 0.6 is 11.6 Å². The Hall–Kier alpha value is -3.99. The van der Waals surface area contributed by atoms with Gasteiger partial charge in [-0.1, -0.05) is 17.7 Å². The number of fused-ring (bicyclic) bond motifs is 2. The van der Waals surface area contributed by atoms with E-state index in [2.05, 4.69) is 15.2 Å². The van der Waals surface area contributed by atoms with Crippen LogP contribution in [0.2, 0.25) is 5.02 Å². The van der Waals surface area contributed by atoms with E-state index >= 15 is 0 Å². The predicted molar refractivity (Wildman–Crippen MR) is 161 cm³/mol. The maximum absolute atomic E-state index is 13.3. The minimum atomic E-state index is -0.870. The smallest absolute Gasteiger partial charge is 0.261 e. The molecule has 1 aromatic heterocycles. The van der Waals surface area contributed by atoms with Crippen molar-refractivity contribution in [2.75, 3.05) is 38.6 Å². The molecule has 2 amide bonds. The van der Waals surface area contributed by atoms with E-state index < -0.39 is 6.10 Å². The number of hydrogen-bond donors (Lipinski definition) is 3. The number of likely N-dealkylation sites (tertiary alicyclic amines) is 1. The summed E-state index contributed by atoms with van der Waals surface area (Å²) in [6.07, 6.45) is 2.51. The molecule has 4 heterocycles. The Morgan fingerprint density at radius 1 is 1.14 bits per heavy atom. The Morgan fingerprint density at radius 3 is 2.64 bits per heavy atom. The van der Waals surface area contributed by atoms with Crippen molar-refractivity contribution in [2.24, 2.45) is 4.99 Å². The zero-order valence-electron chi connectivity index (χ0n) is 23.4. The lowest BCUT2D eigenvalue weighted by Gasteiger charge is -2.33. The summed E-state index contributed by atoms with van der Waals surface area (Å²) in [5, 5.41) is 14.3. The number of piperidine rings is 1. The van der Waals surface area contributed by atoms with Crippen molar-refractivity contribution in [1.82, 2.24) is 14.8 Å². The van der Waals surface area contributed by atoms with Gasteiger partial charge in [0.1, 0.15) is 18.5 Å². The lowest BCUT2D eigenvalue weighted by atomic mass is 10.00. The van der Waals surface area contributed by atoms with Crippen LogP contribution in [-0.4, -0.2) is 82.9 Å². The summed E-state index contributed by atoms with van der Waals surface area (Å²) >= 11 is 6.15. The molecule has 1 atom stereocenters. The number of pyridine rings is 1. The highest BCUT2D eigenvalue weighted by atomic mass is 35.5. The fourth-order valence-electron chi connectivity index (χ4n) is 5.81. The fraction of sp³-hybridized carbons (Fsp3) is 0.355. The largest absolute Gasteiger partial charge is 0.490 e. The second-order valence-corrected chi connectivity index (χ2v) is 11.5. The molecule has 1 fully saturated rings. The molecule has 10 nitrogen and oxygen atoms in total. The molecule has 3 N–H and O–H groups in total. The van der Waals surface area contributed by atoms with Gasteiger partial charge in [-0.05, 0) is 75.8 Å². The molecule has 2 aromatic carbocycles. The number of anilines is 1. The monoisotopic (exact) mass is 589 g/mol. The molecule has 0 radical (unpaired) electrons. The van der Waals surface area contributed by atoms with Gasteiger partial charge in [0.05, 0.1) is 33.8 Å². The lowest BCUT2D eigenvalue weighted by Crippen LogP contribution is -2.46. The number of benzene rings is 2. The van der Waals surface area contributed by atoms with Gasteiger partial charge >= 0.3 is 0 Å². The number of rotatable bonds is 8. The van der Waals surface area contributed by atoms with Crippen LogP contribution < -0.4 is 15.6 Å². The molecule has 3 aromatic rings. The van der Waals surface area contributed by atoms with Crippen LogP contribution in [0.1, 0.15) is 50.2 Å². The zero-order chi connectivity index (χ0) is 29.5. The Morgan fingerprint density at radius 2 is 1.88 bits per heavy atom. The predicted octanol–water partition coefficient (Wildman–Crippen LogP) is 3.56. The summed E-state index contributed by atoms with van der Waals surface area (Å²) in [5.74, 6) is 0.0554. The van der Waals surface area contributed by atoms with Crippen molar-refractivity contribution >= 4 is 40.5 Å². The fourth-order valence-corrected chi connectivity index (χ4v) is 5.97. The Kier molecular flexibility index (Phi) is 7.61. The van der Waals surface area contributed by atoms with Gasteiger partial charge in [-0.25, -0.2) is 0 Å². The number of H-pyrrole nitrogens is 1. The molecule has 11 heteroatoms. The van der Waals surface area contributed by atoms with Crippen molar-refractivity contribution in [2.45, 2.75) is 38.3 Å². The van der Waals surface area contributed by atoms with Gasteiger partial charge in [0, 0.05) is 35.8 Å². The number of nitrogens with zero attached hydrogens (tertiary/aromatic N) is 3. The first-order valence-corrected chi connectivity index (χ1v) is 14.4. The SMILES string of the molecule is Cc1c(Cl)cccc1OCC(O)CNc1cc[nH]c(=O)c1C1=Nc2cc3c(cc2C1)C(=O)N(C1CCN(C)CC1)C3=O. The Balaban J connectivity index is 1.17. The Labute approximate surface area is 248 Å². The van der Waals surface area contributed by atoms with Crippen LogP contribution in [0.4, 0.5) is 11.4 Å². The van der Waals surface area contributed by atoms with Crippen LogP contribution in [0.15, 0.2) is 52.4 Å². The molecule has 3 aliphatic heterocycles. The van der Waals surface area contributed by atoms with E-state index in [9.17, 15) is 19.5 Å².